The van der Waals surface area contributed by atoms with Crippen molar-refractivity contribution in [1.29, 1.82) is 0 Å². The molecule has 0 bridgehead atoms. The number of hydrogen-bond donors (Lipinski definition) is 1. The van der Waals surface area contributed by atoms with Gasteiger partial charge < -0.3 is 14.4 Å². The van der Waals surface area contributed by atoms with Crippen LogP contribution in [0.1, 0.15) is 31.5 Å². The first-order valence-corrected chi connectivity index (χ1v) is 6.04. The number of alkyl halides is 3. The van der Waals surface area contributed by atoms with Crippen molar-refractivity contribution >= 4 is 0 Å². The van der Waals surface area contributed by atoms with Gasteiger partial charge in [-0.05, 0) is 6.42 Å². The van der Waals surface area contributed by atoms with Gasteiger partial charge in [0.1, 0.15) is 6.61 Å². The van der Waals surface area contributed by atoms with Gasteiger partial charge in [-0.25, -0.2) is 0 Å². The number of aromatic nitrogens is 2. The second kappa shape index (κ2) is 7.44. The maximum Gasteiger partial charge on any atom is 0.411 e. The van der Waals surface area contributed by atoms with Gasteiger partial charge in [0.05, 0.1) is 19.1 Å². The molecule has 0 fully saturated rings. The summed E-state index contributed by atoms with van der Waals surface area (Å²) in [5.41, 5.74) is 0. The molecule has 1 rings (SSSR count). The number of aliphatic hydroxyl groups excluding tert-OH is 1. The molecular weight excluding hydrogens is 265 g/mol. The smallest absolute Gasteiger partial charge is 0.393 e. The number of aliphatic hydroxyl groups is 1. The highest BCUT2D eigenvalue weighted by Gasteiger charge is 2.27. The van der Waals surface area contributed by atoms with Crippen molar-refractivity contribution in [3.63, 3.8) is 0 Å². The van der Waals surface area contributed by atoms with E-state index in [-0.39, 0.29) is 31.2 Å². The van der Waals surface area contributed by atoms with Gasteiger partial charge in [0.25, 0.3) is 0 Å². The van der Waals surface area contributed by atoms with Crippen LogP contribution in [0.25, 0.3) is 0 Å². The van der Waals surface area contributed by atoms with Gasteiger partial charge in [-0.15, -0.1) is 0 Å². The van der Waals surface area contributed by atoms with E-state index in [1.54, 1.807) is 0 Å². The Morgan fingerprint density at radius 3 is 2.79 bits per heavy atom. The number of rotatable bonds is 8. The molecule has 5 nitrogen and oxygen atoms in total. The molecule has 0 amide bonds. The predicted octanol–water partition coefficient (Wildman–Crippen LogP) is 1.89. The van der Waals surface area contributed by atoms with Crippen LogP contribution in [-0.4, -0.2) is 40.7 Å². The maximum absolute atomic E-state index is 11.8. The van der Waals surface area contributed by atoms with E-state index in [0.29, 0.717) is 6.42 Å². The normalized spacial score (nSPS) is 13.7. The van der Waals surface area contributed by atoms with Crippen LogP contribution >= 0.6 is 0 Å². The Bertz CT molecular complexity index is 368. The molecule has 0 aliphatic carbocycles. The van der Waals surface area contributed by atoms with Gasteiger partial charge in [0.2, 0.25) is 5.89 Å². The van der Waals surface area contributed by atoms with Crippen LogP contribution in [-0.2, 0) is 17.6 Å². The molecule has 1 aromatic heterocycles. The molecule has 1 atom stereocenters. The lowest BCUT2D eigenvalue weighted by molar-refractivity contribution is -0.173. The fourth-order valence-corrected chi connectivity index (χ4v) is 1.46. The Hall–Kier alpha value is -1.15. The van der Waals surface area contributed by atoms with Gasteiger partial charge in [-0.2, -0.15) is 18.2 Å². The highest BCUT2D eigenvalue weighted by atomic mass is 19.4. The fourth-order valence-electron chi connectivity index (χ4n) is 1.46. The summed E-state index contributed by atoms with van der Waals surface area (Å²) in [6, 6.07) is 0. The molecule has 1 aromatic rings. The molecule has 0 aromatic carbocycles. The van der Waals surface area contributed by atoms with E-state index in [1.165, 1.54) is 0 Å². The van der Waals surface area contributed by atoms with Crippen LogP contribution in [0.15, 0.2) is 4.52 Å². The molecule has 110 valence electrons. The fraction of sp³-hybridized carbons (Fsp3) is 0.818. The average molecular weight is 282 g/mol. The predicted molar refractivity (Wildman–Crippen MR) is 59.5 cm³/mol. The van der Waals surface area contributed by atoms with E-state index >= 15 is 0 Å². The van der Waals surface area contributed by atoms with Crippen LogP contribution in [0.3, 0.4) is 0 Å². The summed E-state index contributed by atoms with van der Waals surface area (Å²) in [6.07, 6.45) is -3.00. The summed E-state index contributed by atoms with van der Waals surface area (Å²) < 4.78 is 44.7. The van der Waals surface area contributed by atoms with Crippen molar-refractivity contribution in [1.82, 2.24) is 10.1 Å². The lowest BCUT2D eigenvalue weighted by atomic mass is 10.1. The van der Waals surface area contributed by atoms with E-state index in [1.807, 2.05) is 6.92 Å². The zero-order valence-electron chi connectivity index (χ0n) is 10.6. The van der Waals surface area contributed by atoms with E-state index in [9.17, 15) is 18.3 Å². The van der Waals surface area contributed by atoms with Gasteiger partial charge >= 0.3 is 6.18 Å². The Kier molecular flexibility index (Phi) is 6.23. The highest BCUT2D eigenvalue weighted by Crippen LogP contribution is 2.14. The number of hydrogen-bond acceptors (Lipinski definition) is 5. The van der Waals surface area contributed by atoms with Crippen LogP contribution in [0.4, 0.5) is 13.2 Å². The zero-order chi connectivity index (χ0) is 14.3. The Morgan fingerprint density at radius 1 is 1.42 bits per heavy atom. The monoisotopic (exact) mass is 282 g/mol. The quantitative estimate of drug-likeness (QED) is 0.737. The van der Waals surface area contributed by atoms with Crippen LogP contribution in [0, 0.1) is 0 Å². The summed E-state index contributed by atoms with van der Waals surface area (Å²) in [4.78, 5) is 3.97. The van der Waals surface area contributed by atoms with Crippen LogP contribution in [0.5, 0.6) is 0 Å². The first-order chi connectivity index (χ1) is 8.90. The van der Waals surface area contributed by atoms with Gasteiger partial charge in [0.15, 0.2) is 5.82 Å². The summed E-state index contributed by atoms with van der Waals surface area (Å²) >= 11 is 0. The standard InChI is InChI=1S/C11H17F3N2O3/c1-2-3-8(17)6-10-15-9(16-19-10)4-5-18-7-11(12,13)14/h8,17H,2-7H2,1H3. The summed E-state index contributed by atoms with van der Waals surface area (Å²) in [5.74, 6) is 0.563. The van der Waals surface area contributed by atoms with E-state index in [0.717, 1.165) is 6.42 Å². The van der Waals surface area contributed by atoms with E-state index in [2.05, 4.69) is 14.9 Å². The molecule has 0 saturated heterocycles. The molecule has 8 heteroatoms. The second-order valence-electron chi connectivity index (χ2n) is 4.17. The molecule has 19 heavy (non-hydrogen) atoms. The van der Waals surface area contributed by atoms with E-state index < -0.39 is 18.9 Å². The van der Waals surface area contributed by atoms with Crippen LogP contribution in [0.2, 0.25) is 0 Å². The van der Waals surface area contributed by atoms with Crippen molar-refractivity contribution < 1.29 is 27.5 Å². The molecule has 0 radical (unpaired) electrons. The first-order valence-electron chi connectivity index (χ1n) is 6.04. The maximum atomic E-state index is 11.8. The van der Waals surface area contributed by atoms with Crippen molar-refractivity contribution in [2.75, 3.05) is 13.2 Å². The SMILES string of the molecule is CCCC(O)Cc1nc(CCOCC(F)(F)F)no1. The third kappa shape index (κ3) is 7.12. The largest absolute Gasteiger partial charge is 0.411 e. The summed E-state index contributed by atoms with van der Waals surface area (Å²) in [5, 5.41) is 13.1. The Labute approximate surface area is 108 Å². The van der Waals surface area contributed by atoms with Crippen LogP contribution < -0.4 is 0 Å². The number of nitrogens with zero attached hydrogens (tertiary/aromatic N) is 2. The molecule has 1 heterocycles. The average Bonchev–Trinajstić information content (AvgIpc) is 2.71. The molecular formula is C11H17F3N2O3. The second-order valence-corrected chi connectivity index (χ2v) is 4.17. The molecule has 1 unspecified atom stereocenters. The summed E-state index contributed by atoms with van der Waals surface area (Å²) in [6.45, 7) is 0.531. The Balaban J connectivity index is 2.27. The van der Waals surface area contributed by atoms with Crippen molar-refractivity contribution in [2.45, 2.75) is 44.9 Å². The lowest BCUT2D eigenvalue weighted by Crippen LogP contribution is -2.18. The third-order valence-corrected chi connectivity index (χ3v) is 2.28. The van der Waals surface area contributed by atoms with Crippen molar-refractivity contribution in [3.05, 3.63) is 11.7 Å². The summed E-state index contributed by atoms with van der Waals surface area (Å²) in [7, 11) is 0. The van der Waals surface area contributed by atoms with Gasteiger partial charge in [0, 0.05) is 6.42 Å². The van der Waals surface area contributed by atoms with Gasteiger partial charge in [-0.1, -0.05) is 18.5 Å². The molecule has 0 aliphatic rings. The highest BCUT2D eigenvalue weighted by molar-refractivity contribution is 4.88. The third-order valence-electron chi connectivity index (χ3n) is 2.28. The van der Waals surface area contributed by atoms with Crippen molar-refractivity contribution in [2.24, 2.45) is 0 Å². The zero-order valence-corrected chi connectivity index (χ0v) is 10.6. The molecule has 0 aliphatic heterocycles. The molecule has 0 spiro atoms. The molecule has 1 N–H and O–H groups in total. The van der Waals surface area contributed by atoms with Gasteiger partial charge in [-0.3, -0.25) is 0 Å². The minimum atomic E-state index is -4.33. The minimum Gasteiger partial charge on any atom is -0.393 e. The molecule has 0 saturated carbocycles. The minimum absolute atomic E-state index is 0.129. The van der Waals surface area contributed by atoms with Crippen molar-refractivity contribution in [3.8, 4) is 0 Å². The first kappa shape index (κ1) is 15.9. The van der Waals surface area contributed by atoms with E-state index in [4.69, 9.17) is 4.52 Å². The number of halogens is 3. The lowest BCUT2D eigenvalue weighted by Gasteiger charge is -2.05. The Morgan fingerprint density at radius 2 is 2.16 bits per heavy atom. The number of ether oxygens (including phenoxy) is 1. The topological polar surface area (TPSA) is 68.4 Å².